The molecule has 0 aromatic carbocycles. The Balaban J connectivity index is 1.97. The first kappa shape index (κ1) is 16.0. The summed E-state index contributed by atoms with van der Waals surface area (Å²) in [6.45, 7) is 5.57. The first-order chi connectivity index (χ1) is 10.7. The van der Waals surface area contributed by atoms with Crippen LogP contribution in [0.25, 0.3) is 10.2 Å². The zero-order chi connectivity index (χ0) is 15.5. The van der Waals surface area contributed by atoms with Crippen molar-refractivity contribution in [1.82, 2.24) is 9.97 Å². The summed E-state index contributed by atoms with van der Waals surface area (Å²) in [6, 6.07) is 0. The molecule has 0 amide bonds. The van der Waals surface area contributed by atoms with Crippen molar-refractivity contribution in [3.05, 3.63) is 10.4 Å². The number of fused-ring (bicyclic) bond motifs is 3. The second-order valence-corrected chi connectivity index (χ2v) is 7.87. The van der Waals surface area contributed by atoms with Gasteiger partial charge in [-0.05, 0) is 18.2 Å². The van der Waals surface area contributed by atoms with E-state index in [0.717, 1.165) is 35.3 Å². The number of rotatable bonds is 6. The summed E-state index contributed by atoms with van der Waals surface area (Å²) < 4.78 is 0. The predicted molar refractivity (Wildman–Crippen MR) is 96.4 cm³/mol. The molecule has 120 valence electrons. The summed E-state index contributed by atoms with van der Waals surface area (Å²) in [7, 11) is 2.27. The monoisotopic (exact) mass is 337 g/mol. The lowest BCUT2D eigenvalue weighted by Gasteiger charge is -2.19. The van der Waals surface area contributed by atoms with Gasteiger partial charge in [-0.15, -0.1) is 11.3 Å². The number of nitrogens with zero attached hydrogens (tertiary/aromatic N) is 2. The van der Waals surface area contributed by atoms with Crippen LogP contribution in [0.15, 0.2) is 5.16 Å². The molecule has 1 unspecified atom stereocenters. The lowest BCUT2D eigenvalue weighted by molar-refractivity contribution is -0.895. The summed E-state index contributed by atoms with van der Waals surface area (Å²) >= 11 is 3.49. The fourth-order valence-electron chi connectivity index (χ4n) is 2.99. The summed E-state index contributed by atoms with van der Waals surface area (Å²) in [5.74, 6) is 1.06. The molecule has 0 radical (unpaired) electrons. The van der Waals surface area contributed by atoms with Crippen LogP contribution in [0.5, 0.6) is 0 Å². The molecule has 0 aliphatic carbocycles. The second kappa shape index (κ2) is 7.15. The van der Waals surface area contributed by atoms with Gasteiger partial charge in [-0.25, -0.2) is 9.97 Å². The number of anilines is 1. The molecule has 0 saturated heterocycles. The highest BCUT2D eigenvalue weighted by molar-refractivity contribution is 7.98. The molecule has 0 saturated carbocycles. The van der Waals surface area contributed by atoms with Gasteiger partial charge in [0.05, 0.1) is 23.9 Å². The van der Waals surface area contributed by atoms with Gasteiger partial charge in [0, 0.05) is 13.0 Å². The Morgan fingerprint density at radius 1 is 1.32 bits per heavy atom. The van der Waals surface area contributed by atoms with E-state index in [2.05, 4.69) is 19.3 Å². The summed E-state index contributed by atoms with van der Waals surface area (Å²) in [6.07, 6.45) is 6.92. The molecule has 1 aliphatic rings. The van der Waals surface area contributed by atoms with Gasteiger partial charge in [0.15, 0.2) is 5.16 Å². The topological polar surface area (TPSA) is 42.2 Å². The van der Waals surface area contributed by atoms with Crippen LogP contribution in [0, 0.1) is 0 Å². The van der Waals surface area contributed by atoms with Crippen molar-refractivity contribution in [2.75, 3.05) is 31.7 Å². The van der Waals surface area contributed by atoms with Gasteiger partial charge < -0.3 is 10.2 Å². The largest absolute Gasteiger partial charge is 0.369 e. The molecule has 0 spiro atoms. The molecular formula is C16H25N4S2+. The van der Waals surface area contributed by atoms with Crippen LogP contribution < -0.4 is 10.2 Å². The molecular weight excluding hydrogens is 312 g/mol. The molecule has 3 rings (SSSR count). The smallest absolute Gasteiger partial charge is 0.190 e. The number of nitrogens with one attached hydrogen (secondary N) is 2. The van der Waals surface area contributed by atoms with Crippen molar-refractivity contribution in [1.29, 1.82) is 0 Å². The lowest BCUT2D eigenvalue weighted by atomic mass is 10.1. The van der Waals surface area contributed by atoms with E-state index in [0.29, 0.717) is 0 Å². The zero-order valence-corrected chi connectivity index (χ0v) is 15.3. The third kappa shape index (κ3) is 3.24. The Bertz CT molecular complexity index is 653. The molecule has 1 aliphatic heterocycles. The average molecular weight is 338 g/mol. The van der Waals surface area contributed by atoms with E-state index in [1.165, 1.54) is 41.6 Å². The fraction of sp³-hybridized carbons (Fsp3) is 0.625. The van der Waals surface area contributed by atoms with Crippen LogP contribution in [0.1, 0.15) is 36.6 Å². The first-order valence-electron chi connectivity index (χ1n) is 8.14. The van der Waals surface area contributed by atoms with Crippen LogP contribution in [0.2, 0.25) is 0 Å². The minimum atomic E-state index is 0.879. The molecule has 0 fully saturated rings. The molecule has 4 nitrogen and oxygen atoms in total. The number of quaternary nitrogens is 1. The van der Waals surface area contributed by atoms with E-state index in [4.69, 9.17) is 9.97 Å². The Morgan fingerprint density at radius 2 is 2.18 bits per heavy atom. The number of unbranched alkanes of at least 4 members (excludes halogenated alkanes) is 2. The van der Waals surface area contributed by atoms with Gasteiger partial charge in [0.1, 0.15) is 17.2 Å². The van der Waals surface area contributed by atoms with E-state index >= 15 is 0 Å². The van der Waals surface area contributed by atoms with Gasteiger partial charge in [-0.3, -0.25) is 0 Å². The second-order valence-electron chi connectivity index (χ2n) is 6.01. The lowest BCUT2D eigenvalue weighted by Crippen LogP contribution is -3.08. The number of thioether (sulfide) groups is 1. The molecule has 0 bridgehead atoms. The van der Waals surface area contributed by atoms with Crippen LogP contribution in [-0.4, -0.2) is 36.4 Å². The number of hydrogen-bond acceptors (Lipinski definition) is 5. The van der Waals surface area contributed by atoms with Crippen molar-refractivity contribution in [3.8, 4) is 0 Å². The Morgan fingerprint density at radius 3 is 2.95 bits per heavy atom. The van der Waals surface area contributed by atoms with Gasteiger partial charge in [-0.1, -0.05) is 31.5 Å². The van der Waals surface area contributed by atoms with E-state index in [-0.39, 0.29) is 0 Å². The summed E-state index contributed by atoms with van der Waals surface area (Å²) in [5, 5.41) is 5.75. The third-order valence-electron chi connectivity index (χ3n) is 4.23. The highest BCUT2D eigenvalue weighted by Gasteiger charge is 2.24. The van der Waals surface area contributed by atoms with Crippen LogP contribution in [0.3, 0.4) is 0 Å². The van der Waals surface area contributed by atoms with E-state index in [1.807, 2.05) is 17.6 Å². The van der Waals surface area contributed by atoms with Crippen LogP contribution >= 0.6 is 23.1 Å². The van der Waals surface area contributed by atoms with Crippen LogP contribution in [0.4, 0.5) is 5.82 Å². The highest BCUT2D eigenvalue weighted by atomic mass is 32.2. The molecule has 3 heterocycles. The summed E-state index contributed by atoms with van der Waals surface area (Å²) in [4.78, 5) is 13.8. The maximum atomic E-state index is 4.76. The number of likely N-dealkylation sites (N-methyl/N-ethyl adjacent to an activating group) is 1. The van der Waals surface area contributed by atoms with E-state index in [1.54, 1.807) is 16.7 Å². The molecule has 22 heavy (non-hydrogen) atoms. The standard InChI is InChI=1S/C16H24N4S2/c1-4-5-6-8-17-14-13-11-7-9-20(2)10-12(11)22-15(13)19-16(18-14)21-3/h4-10H2,1-3H3,(H,17,18,19)/p+1. The van der Waals surface area contributed by atoms with Crippen molar-refractivity contribution in [3.63, 3.8) is 0 Å². The Kier molecular flexibility index (Phi) is 5.21. The third-order valence-corrected chi connectivity index (χ3v) is 5.91. The van der Waals surface area contributed by atoms with E-state index in [9.17, 15) is 0 Å². The molecule has 1 atom stereocenters. The molecule has 2 N–H and O–H groups in total. The van der Waals surface area contributed by atoms with Gasteiger partial charge in [-0.2, -0.15) is 0 Å². The van der Waals surface area contributed by atoms with Crippen molar-refractivity contribution < 1.29 is 4.90 Å². The zero-order valence-electron chi connectivity index (χ0n) is 13.7. The average Bonchev–Trinajstić information content (AvgIpc) is 2.88. The predicted octanol–water partition coefficient (Wildman–Crippen LogP) is 2.59. The Hall–Kier alpha value is -0.850. The summed E-state index contributed by atoms with van der Waals surface area (Å²) in [5.41, 5.74) is 1.50. The highest BCUT2D eigenvalue weighted by Crippen LogP contribution is 2.36. The first-order valence-corrected chi connectivity index (χ1v) is 10.2. The molecule has 2 aromatic heterocycles. The van der Waals surface area contributed by atoms with Gasteiger partial charge >= 0.3 is 0 Å². The minimum absolute atomic E-state index is 0.879. The minimum Gasteiger partial charge on any atom is -0.369 e. The number of thiophene rings is 1. The Labute approximate surface area is 140 Å². The van der Waals surface area contributed by atoms with Crippen molar-refractivity contribution >= 4 is 39.1 Å². The van der Waals surface area contributed by atoms with E-state index < -0.39 is 0 Å². The van der Waals surface area contributed by atoms with Gasteiger partial charge in [0.2, 0.25) is 0 Å². The quantitative estimate of drug-likeness (QED) is 0.483. The number of aromatic nitrogens is 2. The normalized spacial score (nSPS) is 17.7. The maximum absolute atomic E-state index is 4.76. The van der Waals surface area contributed by atoms with Gasteiger partial charge in [0.25, 0.3) is 0 Å². The molecule has 2 aromatic rings. The SMILES string of the molecule is CCCCCNc1nc(SC)nc2sc3c(c12)CC[NH+](C)C3. The number of hydrogen-bond donors (Lipinski definition) is 2. The maximum Gasteiger partial charge on any atom is 0.190 e. The fourth-order valence-corrected chi connectivity index (χ4v) is 4.75. The van der Waals surface area contributed by atoms with Crippen molar-refractivity contribution in [2.24, 2.45) is 0 Å². The molecule has 6 heteroatoms. The van der Waals surface area contributed by atoms with Crippen LogP contribution in [-0.2, 0) is 13.0 Å². The van der Waals surface area contributed by atoms with Crippen molar-refractivity contribution in [2.45, 2.75) is 44.3 Å².